The Morgan fingerprint density at radius 1 is 0.307 bits per heavy atom. The molecule has 2 aliphatic rings. The Hall–Kier alpha value is -11.7. The van der Waals surface area contributed by atoms with Crippen LogP contribution in [-0.4, -0.2) is 41.2 Å². The Bertz CT molecular complexity index is 5120. The summed E-state index contributed by atoms with van der Waals surface area (Å²) in [4.78, 5) is 31.6. The molecule has 410 valence electrons. The molecule has 8 nitrogen and oxygen atoms in total. The van der Waals surface area contributed by atoms with E-state index in [0.29, 0.717) is 34.9 Å². The molecule has 0 spiro atoms. The maximum atomic E-state index is 7.63. The fraction of sp³-hybridized carbons (Fsp3) is 0.0127. The first-order valence-electron chi connectivity index (χ1n) is 29.7. The molecule has 0 radical (unpaired) electrons. The van der Waals surface area contributed by atoms with Gasteiger partial charge in [-0.2, -0.15) is 0 Å². The first kappa shape index (κ1) is 50.8. The van der Waals surface area contributed by atoms with Crippen LogP contribution < -0.4 is 21.1 Å². The molecular formula is C79H50BN7O. The van der Waals surface area contributed by atoms with E-state index in [9.17, 15) is 0 Å². The molecule has 2 aliphatic heterocycles. The molecule has 12 aromatic carbocycles. The Labute approximate surface area is 509 Å². The number of ether oxygens (including phenoxy) is 1. The summed E-state index contributed by atoms with van der Waals surface area (Å²) in [5.41, 5.74) is 21.6. The highest BCUT2D eigenvalue weighted by Gasteiger charge is 2.43. The lowest BCUT2D eigenvalue weighted by Crippen LogP contribution is -2.58. The largest absolute Gasteiger partial charge is 0.458 e. The molecule has 0 saturated carbocycles. The van der Waals surface area contributed by atoms with Crippen molar-refractivity contribution in [3.63, 3.8) is 0 Å². The zero-order valence-electron chi connectivity index (χ0n) is 47.8. The van der Waals surface area contributed by atoms with Gasteiger partial charge in [0.1, 0.15) is 11.5 Å². The molecule has 0 N–H and O–H groups in total. The molecule has 0 amide bonds. The number of rotatable bonds is 10. The van der Waals surface area contributed by atoms with Crippen LogP contribution in [0.1, 0.15) is 5.56 Å². The lowest BCUT2D eigenvalue weighted by Gasteiger charge is -2.35. The van der Waals surface area contributed by atoms with Crippen LogP contribution in [0.15, 0.2) is 285 Å². The molecule has 0 bridgehead atoms. The smallest absolute Gasteiger partial charge is 0.256 e. The van der Waals surface area contributed by atoms with Gasteiger partial charge in [0.05, 0.1) is 5.52 Å². The van der Waals surface area contributed by atoms with Crippen molar-refractivity contribution < 1.29 is 4.74 Å². The maximum absolute atomic E-state index is 7.63. The van der Waals surface area contributed by atoms with E-state index in [4.69, 9.17) is 34.6 Å². The molecular weight excluding hydrogens is 1070 g/mol. The van der Waals surface area contributed by atoms with Crippen molar-refractivity contribution in [2.24, 2.45) is 0 Å². The number of hydrogen-bond donors (Lipinski definition) is 0. The standard InChI is InChI=1S/C79H50BN7O/c1-49-42-69-71-70(43-49)88-73-65(62-39-23-22-37-60(62)51-26-10-3-11-27-51)45-57(61-38-21-20-36-59(61)50-24-8-2-9-25-50)47-67(73)80(71)66-48-58(79-85-76(54-32-16-6-17-33-54)82-77(86-79)55-34-18-7-19-35-55)46-64-63-44-56(40-41-68(63)87(69)72(64)66)78-83-74(52-28-12-4-13-29-52)81-75(84-78)53-30-14-5-15-31-53/h2-48H,1H3. The van der Waals surface area contributed by atoms with Crippen molar-refractivity contribution in [2.75, 3.05) is 0 Å². The molecule has 0 saturated heterocycles. The topological polar surface area (TPSA) is 91.5 Å². The summed E-state index contributed by atoms with van der Waals surface area (Å²) < 4.78 is 10.1. The minimum Gasteiger partial charge on any atom is -0.458 e. The van der Waals surface area contributed by atoms with E-state index in [1.807, 2.05) is 97.1 Å². The van der Waals surface area contributed by atoms with E-state index >= 15 is 0 Å². The van der Waals surface area contributed by atoms with Crippen molar-refractivity contribution in [1.82, 2.24) is 34.5 Å². The van der Waals surface area contributed by atoms with Crippen LogP contribution in [0, 0.1) is 6.92 Å². The predicted molar refractivity (Wildman–Crippen MR) is 358 cm³/mol. The molecule has 9 heteroatoms. The second-order valence-corrected chi connectivity index (χ2v) is 22.6. The third-order valence-corrected chi connectivity index (χ3v) is 17.2. The molecule has 0 unspecified atom stereocenters. The number of aryl methyl sites for hydroxylation is 1. The van der Waals surface area contributed by atoms with Gasteiger partial charge in [0.25, 0.3) is 6.71 Å². The Morgan fingerprint density at radius 3 is 1.20 bits per heavy atom. The second-order valence-electron chi connectivity index (χ2n) is 22.6. The third-order valence-electron chi connectivity index (χ3n) is 17.2. The minimum atomic E-state index is -0.325. The fourth-order valence-electron chi connectivity index (χ4n) is 13.2. The number of nitrogens with zero attached hydrogens (tertiary/aromatic N) is 7. The summed E-state index contributed by atoms with van der Waals surface area (Å²) in [6.07, 6.45) is 0. The third kappa shape index (κ3) is 8.62. The molecule has 0 fully saturated rings. The van der Waals surface area contributed by atoms with Gasteiger partial charge < -0.3 is 9.30 Å². The summed E-state index contributed by atoms with van der Waals surface area (Å²) >= 11 is 0. The highest BCUT2D eigenvalue weighted by molar-refractivity contribution is 6.99. The van der Waals surface area contributed by atoms with Crippen molar-refractivity contribution in [1.29, 1.82) is 0 Å². The Kier molecular flexibility index (Phi) is 12.0. The normalized spacial score (nSPS) is 12.0. The van der Waals surface area contributed by atoms with E-state index in [0.717, 1.165) is 139 Å². The van der Waals surface area contributed by atoms with Crippen molar-refractivity contribution in [2.45, 2.75) is 6.92 Å². The zero-order chi connectivity index (χ0) is 58.2. The first-order chi connectivity index (χ1) is 43.5. The predicted octanol–water partition coefficient (Wildman–Crippen LogP) is 17.1. The lowest BCUT2D eigenvalue weighted by atomic mass is 9.34. The van der Waals surface area contributed by atoms with Gasteiger partial charge in [-0.3, -0.25) is 0 Å². The molecule has 88 heavy (non-hydrogen) atoms. The van der Waals surface area contributed by atoms with E-state index in [1.54, 1.807) is 0 Å². The minimum absolute atomic E-state index is 0.325. The van der Waals surface area contributed by atoms with Crippen LogP contribution in [0.5, 0.6) is 11.5 Å². The van der Waals surface area contributed by atoms with Crippen molar-refractivity contribution in [3.8, 4) is 130 Å². The average Bonchev–Trinajstić information content (AvgIpc) is 1.44. The van der Waals surface area contributed by atoms with Gasteiger partial charge in [-0.05, 0) is 110 Å². The number of benzene rings is 12. The van der Waals surface area contributed by atoms with Gasteiger partial charge in [-0.25, -0.2) is 29.9 Å². The van der Waals surface area contributed by atoms with E-state index in [1.165, 1.54) is 0 Å². The highest BCUT2D eigenvalue weighted by atomic mass is 16.5. The Balaban J connectivity index is 0.979. The van der Waals surface area contributed by atoms with Crippen LogP contribution in [-0.2, 0) is 0 Å². The van der Waals surface area contributed by atoms with Gasteiger partial charge in [-0.1, -0.05) is 243 Å². The summed E-state index contributed by atoms with van der Waals surface area (Å²) in [5.74, 6) is 5.14. The molecule has 17 rings (SSSR count). The van der Waals surface area contributed by atoms with Crippen LogP contribution in [0.25, 0.3) is 140 Å². The first-order valence-corrected chi connectivity index (χ1v) is 29.7. The van der Waals surface area contributed by atoms with Crippen LogP contribution in [0.2, 0.25) is 0 Å². The van der Waals surface area contributed by atoms with Crippen molar-refractivity contribution >= 4 is 44.9 Å². The zero-order valence-corrected chi connectivity index (χ0v) is 47.8. The average molecular weight is 1120 g/mol. The molecule has 0 aliphatic carbocycles. The van der Waals surface area contributed by atoms with Crippen LogP contribution in [0.4, 0.5) is 0 Å². The number of aromatic nitrogens is 7. The van der Waals surface area contributed by atoms with E-state index < -0.39 is 0 Å². The van der Waals surface area contributed by atoms with Gasteiger partial charge in [-0.15, -0.1) is 0 Å². The van der Waals surface area contributed by atoms with Gasteiger partial charge in [0, 0.05) is 60.9 Å². The molecule has 15 aromatic rings. The lowest BCUT2D eigenvalue weighted by molar-refractivity contribution is 0.488. The highest BCUT2D eigenvalue weighted by Crippen LogP contribution is 2.47. The molecule has 5 heterocycles. The second kappa shape index (κ2) is 20.8. The summed E-state index contributed by atoms with van der Waals surface area (Å²) in [7, 11) is 0. The monoisotopic (exact) mass is 1120 g/mol. The van der Waals surface area contributed by atoms with Gasteiger partial charge >= 0.3 is 0 Å². The maximum Gasteiger partial charge on any atom is 0.256 e. The molecule has 0 atom stereocenters. The molecule has 3 aromatic heterocycles. The van der Waals surface area contributed by atoms with Crippen LogP contribution >= 0.6 is 0 Å². The summed E-state index contributed by atoms with van der Waals surface area (Å²) in [6, 6.07) is 100. The van der Waals surface area contributed by atoms with E-state index in [2.05, 4.69) is 200 Å². The summed E-state index contributed by atoms with van der Waals surface area (Å²) in [6.45, 7) is 1.85. The Morgan fingerprint density at radius 2 is 0.705 bits per heavy atom. The van der Waals surface area contributed by atoms with E-state index in [-0.39, 0.29) is 6.71 Å². The van der Waals surface area contributed by atoms with Gasteiger partial charge in [0.2, 0.25) is 0 Å². The number of fused-ring (bicyclic) bond motifs is 7. The summed E-state index contributed by atoms with van der Waals surface area (Å²) in [5, 5.41) is 2.06. The van der Waals surface area contributed by atoms with Crippen LogP contribution in [0.3, 0.4) is 0 Å². The number of hydrogen-bond acceptors (Lipinski definition) is 7. The van der Waals surface area contributed by atoms with Gasteiger partial charge in [0.15, 0.2) is 34.9 Å². The quantitative estimate of drug-likeness (QED) is 0.126. The fourth-order valence-corrected chi connectivity index (χ4v) is 13.2. The van der Waals surface area contributed by atoms with Crippen molar-refractivity contribution in [3.05, 3.63) is 291 Å². The SMILES string of the molecule is Cc1cc2c3c(c1)-n1c4ccc(-c5nc(-c6ccccc6)nc(-c6ccccc6)n5)cc4c4cc(-c5nc(-c6ccccc6)nc(-c6ccccc6)n5)cc(c41)B3c1cc(-c3ccccc3-c3ccccc3)cc(-c3ccccc3-c3ccccc3)c1O2.